The van der Waals surface area contributed by atoms with Crippen LogP contribution < -0.4 is 9.64 Å². The summed E-state index contributed by atoms with van der Waals surface area (Å²) in [5.74, 6) is 1.41. The highest BCUT2D eigenvalue weighted by atomic mass is 16.6. The molecule has 1 amide bonds. The fourth-order valence-electron chi connectivity index (χ4n) is 4.06. The zero-order valence-electron chi connectivity index (χ0n) is 17.8. The molecule has 1 saturated heterocycles. The molecule has 2 aromatic carbocycles. The van der Waals surface area contributed by atoms with Crippen LogP contribution in [0.2, 0.25) is 0 Å². The minimum atomic E-state index is -0.452. The van der Waals surface area contributed by atoms with Crippen LogP contribution in [0.3, 0.4) is 0 Å². The first-order valence-corrected chi connectivity index (χ1v) is 10.1. The SMILES string of the molecule is COc1cccc2c(C)cc(N3CCN(C(=O)c4cccc([N+](=O)[O-])c4C)CC3)nc12. The number of nitrogens with zero attached hydrogens (tertiary/aromatic N) is 4. The number of aromatic nitrogens is 1. The Kier molecular flexibility index (Phi) is 5.46. The number of amides is 1. The summed E-state index contributed by atoms with van der Waals surface area (Å²) in [6, 6.07) is 12.6. The fourth-order valence-corrected chi connectivity index (χ4v) is 4.06. The number of piperazine rings is 1. The molecule has 0 unspecified atom stereocenters. The van der Waals surface area contributed by atoms with Crippen LogP contribution in [-0.4, -0.2) is 54.0 Å². The van der Waals surface area contributed by atoms with Crippen molar-refractivity contribution in [3.63, 3.8) is 0 Å². The van der Waals surface area contributed by atoms with E-state index in [0.29, 0.717) is 37.3 Å². The lowest BCUT2D eigenvalue weighted by Crippen LogP contribution is -2.49. The third-order valence-electron chi connectivity index (χ3n) is 5.84. The van der Waals surface area contributed by atoms with E-state index in [-0.39, 0.29) is 11.6 Å². The summed E-state index contributed by atoms with van der Waals surface area (Å²) in [5, 5.41) is 12.3. The smallest absolute Gasteiger partial charge is 0.273 e. The molecule has 8 heteroatoms. The number of para-hydroxylation sites is 1. The van der Waals surface area contributed by atoms with E-state index in [1.54, 1.807) is 31.1 Å². The Morgan fingerprint density at radius 1 is 1.10 bits per heavy atom. The van der Waals surface area contributed by atoms with E-state index in [0.717, 1.165) is 28.0 Å². The van der Waals surface area contributed by atoms with Crippen LogP contribution >= 0.6 is 0 Å². The number of pyridine rings is 1. The van der Waals surface area contributed by atoms with E-state index in [2.05, 4.69) is 17.9 Å². The van der Waals surface area contributed by atoms with E-state index in [4.69, 9.17) is 9.72 Å². The van der Waals surface area contributed by atoms with Crippen LogP contribution in [0, 0.1) is 24.0 Å². The molecule has 3 aromatic rings. The van der Waals surface area contributed by atoms with Gasteiger partial charge in [0.1, 0.15) is 17.1 Å². The van der Waals surface area contributed by atoms with Gasteiger partial charge in [0.15, 0.2) is 0 Å². The molecule has 1 aromatic heterocycles. The van der Waals surface area contributed by atoms with E-state index in [1.165, 1.54) is 6.07 Å². The Balaban J connectivity index is 1.54. The summed E-state index contributed by atoms with van der Waals surface area (Å²) in [6.45, 7) is 5.98. The number of benzene rings is 2. The number of rotatable bonds is 4. The first-order chi connectivity index (χ1) is 14.9. The topological polar surface area (TPSA) is 88.8 Å². The molecule has 0 N–H and O–H groups in total. The normalized spacial score (nSPS) is 14.0. The van der Waals surface area contributed by atoms with Crippen LogP contribution in [0.5, 0.6) is 5.75 Å². The van der Waals surface area contributed by atoms with Crippen molar-refractivity contribution in [2.45, 2.75) is 13.8 Å². The zero-order chi connectivity index (χ0) is 22.1. The van der Waals surface area contributed by atoms with Crippen molar-refractivity contribution in [3.8, 4) is 5.75 Å². The van der Waals surface area contributed by atoms with Crippen LogP contribution in [-0.2, 0) is 0 Å². The van der Waals surface area contributed by atoms with Gasteiger partial charge in [-0.1, -0.05) is 18.2 Å². The van der Waals surface area contributed by atoms with E-state index < -0.39 is 4.92 Å². The molecule has 0 radical (unpaired) electrons. The van der Waals surface area contributed by atoms with E-state index in [9.17, 15) is 14.9 Å². The predicted molar refractivity (Wildman–Crippen MR) is 119 cm³/mol. The van der Waals surface area contributed by atoms with Gasteiger partial charge in [-0.2, -0.15) is 0 Å². The van der Waals surface area contributed by atoms with Crippen LogP contribution in [0.25, 0.3) is 10.9 Å². The molecule has 0 atom stereocenters. The third kappa shape index (κ3) is 3.76. The van der Waals surface area contributed by atoms with Gasteiger partial charge >= 0.3 is 0 Å². The number of carbonyl (C=O) groups excluding carboxylic acids is 1. The second kappa shape index (κ2) is 8.22. The van der Waals surface area contributed by atoms with Gasteiger partial charge in [-0.3, -0.25) is 14.9 Å². The maximum Gasteiger partial charge on any atom is 0.273 e. The summed E-state index contributed by atoms with van der Waals surface area (Å²) < 4.78 is 5.48. The van der Waals surface area contributed by atoms with Crippen LogP contribution in [0.15, 0.2) is 42.5 Å². The Labute approximate surface area is 180 Å². The summed E-state index contributed by atoms with van der Waals surface area (Å²) in [5.41, 5.74) is 2.69. The average Bonchev–Trinajstić information content (AvgIpc) is 2.78. The molecule has 1 aliphatic rings. The molecular formula is C23H24N4O4. The van der Waals surface area contributed by atoms with Gasteiger partial charge in [0.2, 0.25) is 0 Å². The number of nitro benzene ring substituents is 1. The molecule has 0 saturated carbocycles. The lowest BCUT2D eigenvalue weighted by Gasteiger charge is -2.36. The van der Waals surface area contributed by atoms with Gasteiger partial charge in [0.05, 0.1) is 12.0 Å². The number of ether oxygens (including phenoxy) is 1. The van der Waals surface area contributed by atoms with Gasteiger partial charge in [0, 0.05) is 48.8 Å². The highest BCUT2D eigenvalue weighted by Gasteiger charge is 2.26. The summed E-state index contributed by atoms with van der Waals surface area (Å²) in [6.07, 6.45) is 0. The Morgan fingerprint density at radius 3 is 2.48 bits per heavy atom. The standard InChI is InChI=1S/C23H24N4O4/c1-15-14-21(24-22-17(15)6-5-9-20(22)31-3)25-10-12-26(13-11-25)23(28)18-7-4-8-19(16(18)2)27(29)30/h4-9,14H,10-13H2,1-3H3. The minimum Gasteiger partial charge on any atom is -0.494 e. The first kappa shape index (κ1) is 20.6. The van der Waals surface area contributed by atoms with Gasteiger partial charge in [-0.25, -0.2) is 4.98 Å². The Morgan fingerprint density at radius 2 is 1.81 bits per heavy atom. The summed E-state index contributed by atoms with van der Waals surface area (Å²) in [7, 11) is 1.64. The maximum absolute atomic E-state index is 13.0. The maximum atomic E-state index is 13.0. The van der Waals surface area contributed by atoms with Gasteiger partial charge < -0.3 is 14.5 Å². The quantitative estimate of drug-likeness (QED) is 0.472. The number of nitro groups is 1. The molecule has 1 aliphatic heterocycles. The highest BCUT2D eigenvalue weighted by Crippen LogP contribution is 2.30. The van der Waals surface area contributed by atoms with E-state index >= 15 is 0 Å². The summed E-state index contributed by atoms with van der Waals surface area (Å²) >= 11 is 0. The number of anilines is 1. The molecule has 31 heavy (non-hydrogen) atoms. The molecule has 1 fully saturated rings. The highest BCUT2D eigenvalue weighted by molar-refractivity contribution is 5.96. The largest absolute Gasteiger partial charge is 0.494 e. The average molecular weight is 420 g/mol. The minimum absolute atomic E-state index is 0.0331. The second-order valence-corrected chi connectivity index (χ2v) is 7.64. The second-order valence-electron chi connectivity index (χ2n) is 7.64. The van der Waals surface area contributed by atoms with Gasteiger partial charge in [0.25, 0.3) is 11.6 Å². The lowest BCUT2D eigenvalue weighted by molar-refractivity contribution is -0.385. The Bertz CT molecular complexity index is 1170. The zero-order valence-corrected chi connectivity index (χ0v) is 17.8. The number of fused-ring (bicyclic) bond motifs is 1. The molecule has 2 heterocycles. The molecular weight excluding hydrogens is 396 g/mol. The van der Waals surface area contributed by atoms with Gasteiger partial charge in [-0.05, 0) is 37.6 Å². The van der Waals surface area contributed by atoms with Crippen molar-refractivity contribution < 1.29 is 14.5 Å². The van der Waals surface area contributed by atoms with Crippen molar-refractivity contribution in [2.75, 3.05) is 38.2 Å². The third-order valence-corrected chi connectivity index (χ3v) is 5.84. The van der Waals surface area contributed by atoms with Crippen LogP contribution in [0.1, 0.15) is 21.5 Å². The predicted octanol–water partition coefficient (Wildman–Crippen LogP) is 3.73. The summed E-state index contributed by atoms with van der Waals surface area (Å²) in [4.78, 5) is 32.5. The van der Waals surface area contributed by atoms with Crippen molar-refractivity contribution in [1.82, 2.24) is 9.88 Å². The monoisotopic (exact) mass is 420 g/mol. The van der Waals surface area contributed by atoms with Crippen molar-refractivity contribution in [3.05, 3.63) is 69.3 Å². The molecule has 160 valence electrons. The van der Waals surface area contributed by atoms with Crippen LogP contribution in [0.4, 0.5) is 11.5 Å². The number of hydrogen-bond donors (Lipinski definition) is 0. The molecule has 4 rings (SSSR count). The number of carbonyl (C=O) groups is 1. The van der Waals surface area contributed by atoms with Crippen molar-refractivity contribution in [2.24, 2.45) is 0 Å². The van der Waals surface area contributed by atoms with E-state index in [1.807, 2.05) is 18.2 Å². The molecule has 0 bridgehead atoms. The first-order valence-electron chi connectivity index (χ1n) is 10.1. The number of methoxy groups -OCH3 is 1. The Hall–Kier alpha value is -3.68. The molecule has 0 spiro atoms. The number of hydrogen-bond acceptors (Lipinski definition) is 6. The van der Waals surface area contributed by atoms with Crippen molar-refractivity contribution in [1.29, 1.82) is 0 Å². The molecule has 8 nitrogen and oxygen atoms in total. The number of aryl methyl sites for hydroxylation is 1. The fraction of sp³-hybridized carbons (Fsp3) is 0.304. The lowest BCUT2D eigenvalue weighted by atomic mass is 10.1. The van der Waals surface area contributed by atoms with Gasteiger partial charge in [-0.15, -0.1) is 0 Å². The van der Waals surface area contributed by atoms with Crippen molar-refractivity contribution >= 4 is 28.3 Å². The molecule has 0 aliphatic carbocycles.